The molecule has 0 spiro atoms. The van der Waals surface area contributed by atoms with Crippen molar-refractivity contribution >= 4 is 11.5 Å². The third-order valence-corrected chi connectivity index (χ3v) is 4.05. The van der Waals surface area contributed by atoms with Crippen LogP contribution in [0.1, 0.15) is 30.3 Å². The Hall–Kier alpha value is -2.64. The first-order valence-corrected chi connectivity index (χ1v) is 7.23. The second-order valence-electron chi connectivity index (χ2n) is 5.44. The van der Waals surface area contributed by atoms with E-state index in [1.807, 2.05) is 0 Å². The van der Waals surface area contributed by atoms with Crippen molar-refractivity contribution in [2.45, 2.75) is 25.9 Å². The Morgan fingerprint density at radius 1 is 1.21 bits per heavy atom. The van der Waals surface area contributed by atoms with Gasteiger partial charge in [0, 0.05) is 5.57 Å². The Morgan fingerprint density at radius 2 is 1.88 bits per heavy atom. The normalized spacial score (nSPS) is 14.5. The van der Waals surface area contributed by atoms with Gasteiger partial charge in [0.05, 0.1) is 24.1 Å². The van der Waals surface area contributed by atoms with E-state index in [9.17, 15) is 18.0 Å². The number of hydrogen-bond acceptors (Lipinski definition) is 4. The van der Waals surface area contributed by atoms with Gasteiger partial charge in [-0.3, -0.25) is 0 Å². The highest BCUT2D eigenvalue weighted by Crippen LogP contribution is 2.32. The van der Waals surface area contributed by atoms with Crippen LogP contribution in [0.3, 0.4) is 0 Å². The number of alkyl halides is 3. The molecular weight excluding hydrogens is 323 g/mol. The first kappa shape index (κ1) is 16.2. The Balaban J connectivity index is 2.00. The predicted octanol–water partition coefficient (Wildman–Crippen LogP) is 3.18. The third kappa shape index (κ3) is 2.68. The van der Waals surface area contributed by atoms with Gasteiger partial charge in [0.15, 0.2) is 0 Å². The number of halogens is 3. The van der Waals surface area contributed by atoms with Crippen LogP contribution >= 0.6 is 0 Å². The average Bonchev–Trinajstić information content (AvgIpc) is 2.99. The highest BCUT2D eigenvalue weighted by Gasteiger charge is 2.31. The second-order valence-corrected chi connectivity index (χ2v) is 5.44. The number of carbonyl (C=O) groups is 1. The standard InChI is InChI=1S/C16H14F3N3O2/c1-9-12(15(23)24-2)7-8-13-14(9)20-21-22(13)11-5-3-10(4-6-11)16(17,18)19/h3-6H,7-8H2,1-2H3. The molecule has 0 saturated heterocycles. The zero-order chi connectivity index (χ0) is 17.5. The summed E-state index contributed by atoms with van der Waals surface area (Å²) >= 11 is 0. The minimum atomic E-state index is -4.38. The molecule has 1 aliphatic carbocycles. The zero-order valence-corrected chi connectivity index (χ0v) is 13.0. The largest absolute Gasteiger partial charge is 0.466 e. The molecule has 3 rings (SSSR count). The van der Waals surface area contributed by atoms with E-state index >= 15 is 0 Å². The fourth-order valence-electron chi connectivity index (χ4n) is 2.77. The molecule has 0 amide bonds. The van der Waals surface area contributed by atoms with E-state index in [4.69, 9.17) is 4.74 Å². The zero-order valence-electron chi connectivity index (χ0n) is 13.0. The molecule has 1 aliphatic rings. The fourth-order valence-corrected chi connectivity index (χ4v) is 2.77. The van der Waals surface area contributed by atoms with Gasteiger partial charge in [0.25, 0.3) is 0 Å². The molecule has 0 bridgehead atoms. The van der Waals surface area contributed by atoms with Crippen LogP contribution in [0.4, 0.5) is 13.2 Å². The Kier molecular flexibility index (Phi) is 3.90. The molecule has 1 heterocycles. The van der Waals surface area contributed by atoms with Gasteiger partial charge in [-0.25, -0.2) is 9.48 Å². The molecule has 0 unspecified atom stereocenters. The molecule has 1 aromatic heterocycles. The topological polar surface area (TPSA) is 57.0 Å². The monoisotopic (exact) mass is 337 g/mol. The van der Waals surface area contributed by atoms with Crippen molar-refractivity contribution in [3.8, 4) is 5.69 Å². The summed E-state index contributed by atoms with van der Waals surface area (Å²) < 4.78 is 44.2. The quantitative estimate of drug-likeness (QED) is 0.790. The van der Waals surface area contributed by atoms with E-state index in [0.29, 0.717) is 35.4 Å². The smallest absolute Gasteiger partial charge is 0.416 e. The number of esters is 1. The van der Waals surface area contributed by atoms with Crippen LogP contribution < -0.4 is 0 Å². The van der Waals surface area contributed by atoms with Crippen molar-refractivity contribution in [3.63, 3.8) is 0 Å². The number of nitrogens with zero attached hydrogens (tertiary/aromatic N) is 3. The number of rotatable bonds is 2. The number of aromatic nitrogens is 3. The maximum atomic E-state index is 12.7. The number of allylic oxidation sites excluding steroid dienone is 1. The number of benzene rings is 1. The number of hydrogen-bond donors (Lipinski definition) is 0. The molecule has 1 aromatic carbocycles. The number of carbonyl (C=O) groups excluding carboxylic acids is 1. The lowest BCUT2D eigenvalue weighted by molar-refractivity contribution is -0.138. The summed E-state index contributed by atoms with van der Waals surface area (Å²) in [7, 11) is 1.32. The second kappa shape index (κ2) is 5.77. The maximum absolute atomic E-state index is 12.7. The Bertz CT molecular complexity index is 820. The first-order chi connectivity index (χ1) is 11.3. The van der Waals surface area contributed by atoms with Crippen molar-refractivity contribution in [3.05, 3.63) is 46.8 Å². The lowest BCUT2D eigenvalue weighted by Gasteiger charge is -2.16. The molecule has 2 aromatic rings. The highest BCUT2D eigenvalue weighted by molar-refractivity contribution is 5.97. The van der Waals surface area contributed by atoms with E-state index in [1.54, 1.807) is 6.92 Å². The molecule has 0 N–H and O–H groups in total. The van der Waals surface area contributed by atoms with Gasteiger partial charge in [-0.1, -0.05) is 5.21 Å². The summed E-state index contributed by atoms with van der Waals surface area (Å²) in [5, 5.41) is 8.11. The molecule has 8 heteroatoms. The Morgan fingerprint density at radius 3 is 2.46 bits per heavy atom. The van der Waals surface area contributed by atoms with Crippen LogP contribution in [0.15, 0.2) is 29.8 Å². The van der Waals surface area contributed by atoms with Crippen molar-refractivity contribution in [2.24, 2.45) is 0 Å². The van der Waals surface area contributed by atoms with Crippen LogP contribution in [0, 0.1) is 0 Å². The molecule has 0 saturated carbocycles. The maximum Gasteiger partial charge on any atom is 0.416 e. The minimum Gasteiger partial charge on any atom is -0.466 e. The van der Waals surface area contributed by atoms with Crippen LogP contribution in [-0.4, -0.2) is 28.1 Å². The lowest BCUT2D eigenvalue weighted by atomic mass is 9.93. The van der Waals surface area contributed by atoms with Gasteiger partial charge >= 0.3 is 12.1 Å². The van der Waals surface area contributed by atoms with Crippen molar-refractivity contribution in [1.29, 1.82) is 0 Å². The summed E-state index contributed by atoms with van der Waals surface area (Å²) in [6.07, 6.45) is -3.40. The molecule has 0 aliphatic heterocycles. The summed E-state index contributed by atoms with van der Waals surface area (Å²) in [5.74, 6) is -0.401. The van der Waals surface area contributed by atoms with Gasteiger partial charge in [-0.15, -0.1) is 5.10 Å². The highest BCUT2D eigenvalue weighted by atomic mass is 19.4. The van der Waals surface area contributed by atoms with Crippen molar-refractivity contribution in [1.82, 2.24) is 15.0 Å². The average molecular weight is 337 g/mol. The predicted molar refractivity (Wildman–Crippen MR) is 79.3 cm³/mol. The van der Waals surface area contributed by atoms with E-state index in [1.165, 1.54) is 23.9 Å². The number of ether oxygens (including phenoxy) is 1. The summed E-state index contributed by atoms with van der Waals surface area (Å²) in [4.78, 5) is 11.8. The molecule has 126 valence electrons. The van der Waals surface area contributed by atoms with Crippen molar-refractivity contribution < 1.29 is 22.7 Å². The van der Waals surface area contributed by atoms with E-state index in [-0.39, 0.29) is 0 Å². The van der Waals surface area contributed by atoms with Gasteiger partial charge in [-0.05, 0) is 49.6 Å². The summed E-state index contributed by atoms with van der Waals surface area (Å²) in [6, 6.07) is 4.73. The first-order valence-electron chi connectivity index (χ1n) is 7.23. The van der Waals surface area contributed by atoms with Gasteiger partial charge in [0.1, 0.15) is 5.69 Å². The van der Waals surface area contributed by atoms with Gasteiger partial charge < -0.3 is 4.74 Å². The van der Waals surface area contributed by atoms with Crippen molar-refractivity contribution in [2.75, 3.05) is 7.11 Å². The molecule has 5 nitrogen and oxygen atoms in total. The fraction of sp³-hybridized carbons (Fsp3) is 0.312. The number of fused-ring (bicyclic) bond motifs is 1. The molecule has 24 heavy (non-hydrogen) atoms. The molecular formula is C16H14F3N3O2. The minimum absolute atomic E-state index is 0.401. The lowest BCUT2D eigenvalue weighted by Crippen LogP contribution is -2.14. The van der Waals surface area contributed by atoms with Gasteiger partial charge in [0.2, 0.25) is 0 Å². The van der Waals surface area contributed by atoms with Crippen LogP contribution in [0.2, 0.25) is 0 Å². The molecule has 0 radical (unpaired) electrons. The van der Waals surface area contributed by atoms with Crippen LogP contribution in [0.25, 0.3) is 11.3 Å². The summed E-state index contributed by atoms with van der Waals surface area (Å²) in [6.45, 7) is 1.76. The Labute approximate surface area is 135 Å². The third-order valence-electron chi connectivity index (χ3n) is 4.05. The van der Waals surface area contributed by atoms with E-state index in [0.717, 1.165) is 17.8 Å². The molecule has 0 atom stereocenters. The molecule has 0 fully saturated rings. The number of methoxy groups -OCH3 is 1. The summed E-state index contributed by atoms with van der Waals surface area (Å²) in [5.41, 5.74) is 2.34. The van der Waals surface area contributed by atoms with E-state index < -0.39 is 17.7 Å². The van der Waals surface area contributed by atoms with Crippen LogP contribution in [0.5, 0.6) is 0 Å². The van der Waals surface area contributed by atoms with E-state index in [2.05, 4.69) is 10.3 Å². The van der Waals surface area contributed by atoms with Gasteiger partial charge in [-0.2, -0.15) is 13.2 Å². The van der Waals surface area contributed by atoms with Crippen LogP contribution in [-0.2, 0) is 22.1 Å². The SMILES string of the molecule is COC(=O)C1=C(C)c2nnn(-c3ccc(C(F)(F)F)cc3)c2CC1.